The van der Waals surface area contributed by atoms with Crippen LogP contribution in [0.15, 0.2) is 46.7 Å². The van der Waals surface area contributed by atoms with Gasteiger partial charge in [0.15, 0.2) is 9.84 Å². The molecule has 0 bridgehead atoms. The van der Waals surface area contributed by atoms with Gasteiger partial charge in [-0.15, -0.1) is 11.3 Å². The fourth-order valence-corrected chi connectivity index (χ4v) is 3.91. The van der Waals surface area contributed by atoms with Crippen LogP contribution in [0.25, 0.3) is 0 Å². The van der Waals surface area contributed by atoms with Crippen molar-refractivity contribution < 1.29 is 13.2 Å². The first-order valence-corrected chi connectivity index (χ1v) is 9.59. The molecule has 0 atom stereocenters. The smallest absolute Gasteiger partial charge is 0.221 e. The van der Waals surface area contributed by atoms with Crippen molar-refractivity contribution in [3.8, 4) is 0 Å². The van der Waals surface area contributed by atoms with Crippen LogP contribution in [0.2, 0.25) is 0 Å². The summed E-state index contributed by atoms with van der Waals surface area (Å²) in [7, 11) is -3.40. The predicted octanol–water partition coefficient (Wildman–Crippen LogP) is 2.58. The number of hydrogen-bond acceptors (Lipinski definition) is 4. The summed E-state index contributed by atoms with van der Waals surface area (Å²) in [6.45, 7) is 2.43. The Balaban J connectivity index is 1.78. The molecule has 118 valence electrons. The van der Waals surface area contributed by atoms with Crippen LogP contribution >= 0.6 is 11.3 Å². The Bertz CT molecular complexity index is 704. The largest absolute Gasteiger partial charge is 0.356 e. The highest BCUT2D eigenvalue weighted by atomic mass is 32.2. The highest BCUT2D eigenvalue weighted by molar-refractivity contribution is 7.91. The lowest BCUT2D eigenvalue weighted by atomic mass is 10.2. The summed E-state index contributed by atoms with van der Waals surface area (Å²) < 4.78 is 24.3. The molecule has 0 saturated carbocycles. The third-order valence-electron chi connectivity index (χ3n) is 3.25. The van der Waals surface area contributed by atoms with Crippen molar-refractivity contribution in [2.24, 2.45) is 0 Å². The van der Waals surface area contributed by atoms with Gasteiger partial charge in [0.2, 0.25) is 5.91 Å². The van der Waals surface area contributed by atoms with Gasteiger partial charge in [-0.1, -0.05) is 23.8 Å². The van der Waals surface area contributed by atoms with Gasteiger partial charge in [-0.2, -0.15) is 0 Å². The van der Waals surface area contributed by atoms with E-state index in [0.29, 0.717) is 6.54 Å². The second-order valence-corrected chi connectivity index (χ2v) is 8.20. The zero-order valence-corrected chi connectivity index (χ0v) is 14.0. The molecule has 0 aliphatic heterocycles. The van der Waals surface area contributed by atoms with Crippen molar-refractivity contribution in [2.75, 3.05) is 12.3 Å². The van der Waals surface area contributed by atoms with Crippen LogP contribution in [0.1, 0.15) is 16.9 Å². The molecule has 1 aromatic carbocycles. The average Bonchev–Trinajstić information content (AvgIpc) is 2.99. The van der Waals surface area contributed by atoms with Gasteiger partial charge in [0.1, 0.15) is 0 Å². The summed E-state index contributed by atoms with van der Waals surface area (Å²) in [4.78, 5) is 13.2. The fraction of sp³-hybridized carbons (Fsp3) is 0.312. The Morgan fingerprint density at radius 3 is 2.55 bits per heavy atom. The van der Waals surface area contributed by atoms with Crippen LogP contribution in [0.4, 0.5) is 0 Å². The van der Waals surface area contributed by atoms with Crippen molar-refractivity contribution in [3.05, 3.63) is 52.2 Å². The van der Waals surface area contributed by atoms with E-state index in [4.69, 9.17) is 0 Å². The lowest BCUT2D eigenvalue weighted by Gasteiger charge is -2.06. The summed E-state index contributed by atoms with van der Waals surface area (Å²) in [6.07, 6.45) is 0.759. The highest BCUT2D eigenvalue weighted by Gasteiger charge is 2.16. The summed E-state index contributed by atoms with van der Waals surface area (Å²) in [6, 6.07) is 10.7. The monoisotopic (exact) mass is 337 g/mol. The minimum atomic E-state index is -3.40. The van der Waals surface area contributed by atoms with Crippen molar-refractivity contribution >= 4 is 27.1 Å². The molecule has 1 amide bonds. The standard InChI is InChI=1S/C16H19NO3S2/c1-13-4-6-15(7-5-13)22(19,20)12-9-16(18)17-10-8-14-3-2-11-21-14/h2-7,11H,8-10,12H2,1H3,(H,17,18). The van der Waals surface area contributed by atoms with E-state index in [-0.39, 0.29) is 23.0 Å². The second-order valence-electron chi connectivity index (χ2n) is 5.06. The number of amides is 1. The van der Waals surface area contributed by atoms with E-state index in [9.17, 15) is 13.2 Å². The Kier molecular flexibility index (Phi) is 5.74. The van der Waals surface area contributed by atoms with E-state index in [1.807, 2.05) is 24.4 Å². The first kappa shape index (κ1) is 16.7. The zero-order chi connectivity index (χ0) is 16.0. The summed E-state index contributed by atoms with van der Waals surface area (Å²) in [5, 5.41) is 4.75. The van der Waals surface area contributed by atoms with E-state index < -0.39 is 9.84 Å². The van der Waals surface area contributed by atoms with Crippen LogP contribution in [-0.2, 0) is 21.1 Å². The van der Waals surface area contributed by atoms with Crippen LogP contribution < -0.4 is 5.32 Å². The highest BCUT2D eigenvalue weighted by Crippen LogP contribution is 2.13. The van der Waals surface area contributed by atoms with Gasteiger partial charge in [0.25, 0.3) is 0 Å². The number of benzene rings is 1. The number of carbonyl (C=O) groups is 1. The van der Waals surface area contributed by atoms with Crippen LogP contribution in [-0.4, -0.2) is 26.6 Å². The minimum Gasteiger partial charge on any atom is -0.356 e. The van der Waals surface area contributed by atoms with Gasteiger partial charge < -0.3 is 5.32 Å². The maximum absolute atomic E-state index is 12.1. The Morgan fingerprint density at radius 2 is 1.91 bits per heavy atom. The molecule has 0 aliphatic rings. The molecule has 0 aliphatic carbocycles. The average molecular weight is 337 g/mol. The quantitative estimate of drug-likeness (QED) is 0.844. The van der Waals surface area contributed by atoms with E-state index >= 15 is 0 Å². The summed E-state index contributed by atoms with van der Waals surface area (Å²) in [5.74, 6) is -0.395. The molecule has 2 rings (SSSR count). The third-order valence-corrected chi connectivity index (χ3v) is 5.92. The van der Waals surface area contributed by atoms with E-state index in [0.717, 1.165) is 12.0 Å². The van der Waals surface area contributed by atoms with Crippen molar-refractivity contribution in [1.29, 1.82) is 0 Å². The topological polar surface area (TPSA) is 63.2 Å². The lowest BCUT2D eigenvalue weighted by Crippen LogP contribution is -2.27. The van der Waals surface area contributed by atoms with Gasteiger partial charge >= 0.3 is 0 Å². The van der Waals surface area contributed by atoms with Gasteiger partial charge in [-0.05, 0) is 36.9 Å². The number of hydrogen-bond donors (Lipinski definition) is 1. The molecule has 1 N–H and O–H groups in total. The van der Waals surface area contributed by atoms with Crippen molar-refractivity contribution in [3.63, 3.8) is 0 Å². The Morgan fingerprint density at radius 1 is 1.18 bits per heavy atom. The maximum atomic E-state index is 12.1. The molecule has 6 heteroatoms. The molecule has 0 radical (unpaired) electrons. The van der Waals surface area contributed by atoms with E-state index in [1.54, 1.807) is 35.6 Å². The number of carbonyl (C=O) groups excluding carboxylic acids is 1. The first-order chi connectivity index (χ1) is 10.5. The first-order valence-electron chi connectivity index (χ1n) is 7.06. The van der Waals surface area contributed by atoms with Crippen LogP contribution in [0.5, 0.6) is 0 Å². The van der Waals surface area contributed by atoms with Gasteiger partial charge in [-0.3, -0.25) is 4.79 Å². The van der Waals surface area contributed by atoms with Crippen molar-refractivity contribution in [2.45, 2.75) is 24.7 Å². The number of thiophene rings is 1. The molecule has 1 aromatic heterocycles. The van der Waals surface area contributed by atoms with E-state index in [2.05, 4.69) is 5.32 Å². The molecular formula is C16H19NO3S2. The summed E-state index contributed by atoms with van der Waals surface area (Å²) >= 11 is 1.64. The number of aryl methyl sites for hydroxylation is 1. The molecule has 22 heavy (non-hydrogen) atoms. The number of nitrogens with one attached hydrogen (secondary N) is 1. The lowest BCUT2D eigenvalue weighted by molar-refractivity contribution is -0.120. The Hall–Kier alpha value is -1.66. The molecule has 0 unspecified atom stereocenters. The molecule has 4 nitrogen and oxygen atoms in total. The fourth-order valence-electron chi connectivity index (χ4n) is 1.96. The number of rotatable bonds is 7. The SMILES string of the molecule is Cc1ccc(S(=O)(=O)CCC(=O)NCCc2cccs2)cc1. The Labute approximate surface area is 135 Å². The third kappa shape index (κ3) is 4.96. The molecule has 1 heterocycles. The molecule has 0 fully saturated rings. The number of sulfone groups is 1. The molecule has 2 aromatic rings. The minimum absolute atomic E-state index is 0.0132. The second kappa shape index (κ2) is 7.56. The molecule has 0 spiro atoms. The van der Waals surface area contributed by atoms with Gasteiger partial charge in [0, 0.05) is 17.8 Å². The normalized spacial score (nSPS) is 11.3. The predicted molar refractivity (Wildman–Crippen MR) is 88.9 cm³/mol. The van der Waals surface area contributed by atoms with Crippen LogP contribution in [0.3, 0.4) is 0 Å². The van der Waals surface area contributed by atoms with Crippen LogP contribution in [0, 0.1) is 6.92 Å². The molecule has 0 saturated heterocycles. The zero-order valence-electron chi connectivity index (χ0n) is 12.4. The summed E-state index contributed by atoms with van der Waals surface area (Å²) in [5.41, 5.74) is 1.00. The van der Waals surface area contributed by atoms with Gasteiger partial charge in [-0.25, -0.2) is 8.42 Å². The molecular weight excluding hydrogens is 318 g/mol. The van der Waals surface area contributed by atoms with Crippen molar-refractivity contribution in [1.82, 2.24) is 5.32 Å². The van der Waals surface area contributed by atoms with Gasteiger partial charge in [0.05, 0.1) is 10.6 Å². The maximum Gasteiger partial charge on any atom is 0.221 e. The van der Waals surface area contributed by atoms with E-state index in [1.165, 1.54) is 4.88 Å².